The molecule has 1 aliphatic rings. The molecule has 2 rings (SSSR count). The molecule has 1 atom stereocenters. The van der Waals surface area contributed by atoms with E-state index in [0.717, 1.165) is 31.9 Å². The Morgan fingerprint density at radius 1 is 1.53 bits per heavy atom. The summed E-state index contributed by atoms with van der Waals surface area (Å²) in [7, 11) is 0. The lowest BCUT2D eigenvalue weighted by atomic mass is 10.1. The van der Waals surface area contributed by atoms with Crippen molar-refractivity contribution < 1.29 is 4.79 Å². The molecular weight excluding hydrogens is 216 g/mol. The predicted octanol–water partition coefficient (Wildman–Crippen LogP) is 0.972. The van der Waals surface area contributed by atoms with Gasteiger partial charge in [-0.2, -0.15) is 0 Å². The highest BCUT2D eigenvalue weighted by atomic mass is 16.1. The molecule has 1 aromatic rings. The van der Waals surface area contributed by atoms with Crippen LogP contribution < -0.4 is 10.2 Å². The predicted molar refractivity (Wildman–Crippen MR) is 65.7 cm³/mol. The average molecular weight is 234 g/mol. The van der Waals surface area contributed by atoms with Crippen molar-refractivity contribution in [3.8, 4) is 0 Å². The van der Waals surface area contributed by atoms with Crippen molar-refractivity contribution >= 4 is 11.9 Å². The van der Waals surface area contributed by atoms with Crippen molar-refractivity contribution in [1.29, 1.82) is 0 Å². The van der Waals surface area contributed by atoms with Gasteiger partial charge in [-0.15, -0.1) is 0 Å². The SMILES string of the molecule is CCC(=O)NC1CCCN(c2ncccn2)C1. The number of carbonyl (C=O) groups excluding carboxylic acids is 1. The summed E-state index contributed by atoms with van der Waals surface area (Å²) in [4.78, 5) is 22.0. The van der Waals surface area contributed by atoms with Gasteiger partial charge in [-0.05, 0) is 18.9 Å². The quantitative estimate of drug-likeness (QED) is 0.846. The molecule has 0 bridgehead atoms. The van der Waals surface area contributed by atoms with Gasteiger partial charge in [-0.1, -0.05) is 6.92 Å². The fourth-order valence-electron chi connectivity index (χ4n) is 2.06. The van der Waals surface area contributed by atoms with E-state index in [1.54, 1.807) is 12.4 Å². The first kappa shape index (κ1) is 11.8. The molecule has 17 heavy (non-hydrogen) atoms. The van der Waals surface area contributed by atoms with Crippen LogP contribution in [0.2, 0.25) is 0 Å². The molecule has 1 aromatic heterocycles. The van der Waals surface area contributed by atoms with Gasteiger partial charge in [0.25, 0.3) is 0 Å². The highest BCUT2D eigenvalue weighted by Crippen LogP contribution is 2.15. The number of aromatic nitrogens is 2. The number of nitrogens with zero attached hydrogens (tertiary/aromatic N) is 3. The lowest BCUT2D eigenvalue weighted by Crippen LogP contribution is -2.48. The van der Waals surface area contributed by atoms with Crippen molar-refractivity contribution in [2.75, 3.05) is 18.0 Å². The van der Waals surface area contributed by atoms with E-state index >= 15 is 0 Å². The van der Waals surface area contributed by atoms with E-state index in [1.165, 1.54) is 0 Å². The molecule has 1 fully saturated rings. The van der Waals surface area contributed by atoms with Crippen molar-refractivity contribution in [1.82, 2.24) is 15.3 Å². The second-order valence-electron chi connectivity index (χ2n) is 4.26. The molecule has 1 amide bonds. The zero-order valence-electron chi connectivity index (χ0n) is 10.1. The number of amides is 1. The van der Waals surface area contributed by atoms with Crippen LogP contribution in [0.15, 0.2) is 18.5 Å². The molecule has 1 aliphatic heterocycles. The van der Waals surface area contributed by atoms with Crippen LogP contribution in [0.1, 0.15) is 26.2 Å². The second kappa shape index (κ2) is 5.61. The topological polar surface area (TPSA) is 58.1 Å². The van der Waals surface area contributed by atoms with Gasteiger partial charge in [0.1, 0.15) is 0 Å². The van der Waals surface area contributed by atoms with Crippen LogP contribution >= 0.6 is 0 Å². The monoisotopic (exact) mass is 234 g/mol. The standard InChI is InChI=1S/C12H18N4O/c1-2-11(17)15-10-5-3-8-16(9-10)12-13-6-4-7-14-12/h4,6-7,10H,2-3,5,8-9H2,1H3,(H,15,17). The number of carbonyl (C=O) groups is 1. The summed E-state index contributed by atoms with van der Waals surface area (Å²) >= 11 is 0. The molecule has 92 valence electrons. The van der Waals surface area contributed by atoms with Crippen molar-refractivity contribution in [2.24, 2.45) is 0 Å². The second-order valence-corrected chi connectivity index (χ2v) is 4.26. The summed E-state index contributed by atoms with van der Waals surface area (Å²) in [5.41, 5.74) is 0. The van der Waals surface area contributed by atoms with Crippen LogP contribution in [0.5, 0.6) is 0 Å². The minimum Gasteiger partial charge on any atom is -0.352 e. The van der Waals surface area contributed by atoms with Crippen molar-refractivity contribution in [2.45, 2.75) is 32.2 Å². The molecule has 0 saturated carbocycles. The van der Waals surface area contributed by atoms with Crippen LogP contribution in [0, 0.1) is 0 Å². The summed E-state index contributed by atoms with van der Waals surface area (Å²) in [5.74, 6) is 0.869. The Kier molecular flexibility index (Phi) is 3.90. The van der Waals surface area contributed by atoms with E-state index in [4.69, 9.17) is 0 Å². The van der Waals surface area contributed by atoms with E-state index in [-0.39, 0.29) is 11.9 Å². The van der Waals surface area contributed by atoms with E-state index in [2.05, 4.69) is 20.2 Å². The first-order valence-electron chi connectivity index (χ1n) is 6.11. The Bertz CT molecular complexity index is 368. The summed E-state index contributed by atoms with van der Waals surface area (Å²) in [5, 5.41) is 3.03. The van der Waals surface area contributed by atoms with Gasteiger partial charge in [0.15, 0.2) is 0 Å². The molecule has 1 unspecified atom stereocenters. The first-order valence-corrected chi connectivity index (χ1v) is 6.11. The largest absolute Gasteiger partial charge is 0.352 e. The number of hydrogen-bond acceptors (Lipinski definition) is 4. The van der Waals surface area contributed by atoms with Gasteiger partial charge in [-0.3, -0.25) is 4.79 Å². The number of hydrogen-bond donors (Lipinski definition) is 1. The van der Waals surface area contributed by atoms with Gasteiger partial charge in [0.2, 0.25) is 11.9 Å². The van der Waals surface area contributed by atoms with Gasteiger partial charge < -0.3 is 10.2 Å². The lowest BCUT2D eigenvalue weighted by molar-refractivity contribution is -0.121. The molecule has 0 spiro atoms. The van der Waals surface area contributed by atoms with Gasteiger partial charge in [0.05, 0.1) is 0 Å². The van der Waals surface area contributed by atoms with Crippen LogP contribution in [-0.4, -0.2) is 35.0 Å². The lowest BCUT2D eigenvalue weighted by Gasteiger charge is -2.33. The minimum absolute atomic E-state index is 0.117. The molecule has 0 aromatic carbocycles. The maximum atomic E-state index is 11.4. The smallest absolute Gasteiger partial charge is 0.225 e. The van der Waals surface area contributed by atoms with Crippen molar-refractivity contribution in [3.05, 3.63) is 18.5 Å². The Hall–Kier alpha value is -1.65. The van der Waals surface area contributed by atoms with Gasteiger partial charge >= 0.3 is 0 Å². The van der Waals surface area contributed by atoms with E-state index in [0.29, 0.717) is 6.42 Å². The summed E-state index contributed by atoms with van der Waals surface area (Å²) in [6.45, 7) is 3.63. The maximum Gasteiger partial charge on any atom is 0.225 e. The fraction of sp³-hybridized carbons (Fsp3) is 0.583. The zero-order chi connectivity index (χ0) is 12.1. The van der Waals surface area contributed by atoms with Crippen LogP contribution in [-0.2, 0) is 4.79 Å². The molecule has 2 heterocycles. The molecular formula is C12H18N4O. The number of nitrogens with one attached hydrogen (secondary N) is 1. The fourth-order valence-corrected chi connectivity index (χ4v) is 2.06. The van der Waals surface area contributed by atoms with E-state index in [1.807, 2.05) is 13.0 Å². The Balaban J connectivity index is 1.95. The minimum atomic E-state index is 0.117. The molecule has 0 radical (unpaired) electrons. The Labute approximate surface area is 101 Å². The Morgan fingerprint density at radius 3 is 3.00 bits per heavy atom. The van der Waals surface area contributed by atoms with Crippen molar-refractivity contribution in [3.63, 3.8) is 0 Å². The number of anilines is 1. The normalized spacial score (nSPS) is 20.1. The first-order chi connectivity index (χ1) is 8.29. The van der Waals surface area contributed by atoms with Crippen LogP contribution in [0.4, 0.5) is 5.95 Å². The summed E-state index contributed by atoms with van der Waals surface area (Å²) < 4.78 is 0. The van der Waals surface area contributed by atoms with Gasteiger partial charge in [0, 0.05) is 37.9 Å². The molecule has 0 aliphatic carbocycles. The molecule has 1 N–H and O–H groups in total. The Morgan fingerprint density at radius 2 is 2.29 bits per heavy atom. The number of piperidine rings is 1. The van der Waals surface area contributed by atoms with Gasteiger partial charge in [-0.25, -0.2) is 9.97 Å². The third kappa shape index (κ3) is 3.15. The summed E-state index contributed by atoms with van der Waals surface area (Å²) in [6, 6.07) is 2.03. The molecule has 5 heteroatoms. The third-order valence-corrected chi connectivity index (χ3v) is 2.94. The molecule has 5 nitrogen and oxygen atoms in total. The maximum absolute atomic E-state index is 11.4. The van der Waals surface area contributed by atoms with E-state index in [9.17, 15) is 4.79 Å². The van der Waals surface area contributed by atoms with Crippen LogP contribution in [0.25, 0.3) is 0 Å². The molecule has 1 saturated heterocycles. The third-order valence-electron chi connectivity index (χ3n) is 2.94. The highest BCUT2D eigenvalue weighted by molar-refractivity contribution is 5.75. The summed E-state index contributed by atoms with van der Waals surface area (Å²) in [6.07, 6.45) is 6.13. The van der Waals surface area contributed by atoms with E-state index < -0.39 is 0 Å². The highest BCUT2D eigenvalue weighted by Gasteiger charge is 2.22. The zero-order valence-corrected chi connectivity index (χ0v) is 10.1. The van der Waals surface area contributed by atoms with Crippen LogP contribution in [0.3, 0.4) is 0 Å². The average Bonchev–Trinajstić information content (AvgIpc) is 2.40. The number of rotatable bonds is 3.